The van der Waals surface area contributed by atoms with Crippen molar-refractivity contribution in [1.82, 2.24) is 9.80 Å². The molecule has 3 atom stereocenters. The van der Waals surface area contributed by atoms with E-state index in [0.717, 1.165) is 24.3 Å². The maximum absolute atomic E-state index is 5.84. The lowest BCUT2D eigenvalue weighted by molar-refractivity contribution is 0.203. The van der Waals surface area contributed by atoms with Crippen LogP contribution in [0.15, 0.2) is 24.3 Å². The number of hydrogen-bond acceptors (Lipinski definition) is 2. The van der Waals surface area contributed by atoms with E-state index in [2.05, 4.69) is 36.5 Å². The van der Waals surface area contributed by atoms with E-state index >= 15 is 0 Å². The van der Waals surface area contributed by atoms with Gasteiger partial charge in [0.2, 0.25) is 0 Å². The first-order valence-electron chi connectivity index (χ1n) is 7.18. The third-order valence-corrected chi connectivity index (χ3v) is 5.00. The van der Waals surface area contributed by atoms with Crippen LogP contribution in [0.3, 0.4) is 0 Å². The molecule has 3 unspecified atom stereocenters. The molecule has 2 saturated heterocycles. The Hall–Kier alpha value is -1.06. The predicted octanol–water partition coefficient (Wildman–Crippen LogP) is 2.12. The SMILES string of the molecule is CC1CCC[N+]1(c1ccc(N)cc1)C1CCNC1. The number of rotatable bonds is 2. The normalized spacial score (nSPS) is 36.1. The zero-order valence-corrected chi connectivity index (χ0v) is 11.2. The van der Waals surface area contributed by atoms with Gasteiger partial charge in [0.15, 0.2) is 0 Å². The van der Waals surface area contributed by atoms with Crippen LogP contribution in [0.25, 0.3) is 0 Å². The van der Waals surface area contributed by atoms with Crippen LogP contribution in [0.1, 0.15) is 26.2 Å². The van der Waals surface area contributed by atoms with Gasteiger partial charge in [-0.15, -0.1) is 0 Å². The van der Waals surface area contributed by atoms with Gasteiger partial charge >= 0.3 is 0 Å². The summed E-state index contributed by atoms with van der Waals surface area (Å²) in [7, 11) is 0. The van der Waals surface area contributed by atoms with Crippen molar-refractivity contribution in [3.05, 3.63) is 24.3 Å². The van der Waals surface area contributed by atoms with Gasteiger partial charge in [-0.3, -0.25) is 4.48 Å². The van der Waals surface area contributed by atoms with Crippen LogP contribution in [0.2, 0.25) is 0 Å². The van der Waals surface area contributed by atoms with Gasteiger partial charge in [0, 0.05) is 50.2 Å². The summed E-state index contributed by atoms with van der Waals surface area (Å²) < 4.78 is 1.17. The minimum atomic E-state index is 0.735. The maximum Gasteiger partial charge on any atom is 0.133 e. The van der Waals surface area contributed by atoms with Crippen molar-refractivity contribution < 1.29 is 0 Å². The number of anilines is 1. The van der Waals surface area contributed by atoms with Crippen LogP contribution in [-0.2, 0) is 0 Å². The van der Waals surface area contributed by atoms with Crippen LogP contribution in [-0.4, -0.2) is 31.7 Å². The monoisotopic (exact) mass is 246 g/mol. The molecule has 2 heterocycles. The Kier molecular flexibility index (Phi) is 3.04. The first-order chi connectivity index (χ1) is 8.73. The third kappa shape index (κ3) is 1.73. The van der Waals surface area contributed by atoms with Crippen LogP contribution in [0.4, 0.5) is 11.4 Å². The van der Waals surface area contributed by atoms with Crippen LogP contribution in [0.5, 0.6) is 0 Å². The molecule has 0 spiro atoms. The van der Waals surface area contributed by atoms with Crippen molar-refractivity contribution in [2.45, 2.75) is 38.3 Å². The first kappa shape index (κ1) is 12.0. The van der Waals surface area contributed by atoms with E-state index in [1.165, 1.54) is 42.5 Å². The lowest BCUT2D eigenvalue weighted by atomic mass is 10.1. The molecule has 3 N–H and O–H groups in total. The number of nitrogens with two attached hydrogens (primary N) is 1. The summed E-state index contributed by atoms with van der Waals surface area (Å²) in [5.41, 5.74) is 8.17. The Bertz CT molecular complexity index is 408. The predicted molar refractivity (Wildman–Crippen MR) is 77.5 cm³/mol. The minimum absolute atomic E-state index is 0.735. The second-order valence-electron chi connectivity index (χ2n) is 5.88. The van der Waals surface area contributed by atoms with E-state index in [4.69, 9.17) is 5.73 Å². The lowest BCUT2D eigenvalue weighted by Crippen LogP contribution is -2.59. The number of hydrogen-bond donors (Lipinski definition) is 2. The highest BCUT2D eigenvalue weighted by atomic mass is 15.4. The average Bonchev–Trinajstić information content (AvgIpc) is 3.00. The van der Waals surface area contributed by atoms with Crippen molar-refractivity contribution in [2.24, 2.45) is 0 Å². The fourth-order valence-electron chi connectivity index (χ4n) is 4.02. The highest BCUT2D eigenvalue weighted by molar-refractivity contribution is 5.52. The lowest BCUT2D eigenvalue weighted by Gasteiger charge is -2.43. The van der Waals surface area contributed by atoms with Crippen molar-refractivity contribution in [3.8, 4) is 0 Å². The standard InChI is InChI=1S/C15H24N3/c1-12-3-2-10-18(12,15-8-9-17-11-15)14-6-4-13(16)5-7-14/h4-7,12,15,17H,2-3,8-11,16H2,1H3/q+1. The van der Waals surface area contributed by atoms with Crippen LogP contribution in [0, 0.1) is 0 Å². The van der Waals surface area contributed by atoms with Crippen molar-refractivity contribution in [2.75, 3.05) is 25.4 Å². The molecule has 1 aromatic rings. The smallest absolute Gasteiger partial charge is 0.133 e. The van der Waals surface area contributed by atoms with Gasteiger partial charge in [-0.25, -0.2) is 0 Å². The Morgan fingerprint density at radius 2 is 2.00 bits per heavy atom. The molecule has 98 valence electrons. The summed E-state index contributed by atoms with van der Waals surface area (Å²) in [6, 6.07) is 10.1. The molecule has 0 aromatic heterocycles. The number of benzene rings is 1. The second-order valence-corrected chi connectivity index (χ2v) is 5.88. The number of nitrogen functional groups attached to an aromatic ring is 1. The molecule has 2 fully saturated rings. The van der Waals surface area contributed by atoms with Crippen molar-refractivity contribution in [1.29, 1.82) is 0 Å². The van der Waals surface area contributed by atoms with Gasteiger partial charge in [0.1, 0.15) is 11.7 Å². The Morgan fingerprint density at radius 3 is 2.56 bits per heavy atom. The number of nitrogens with one attached hydrogen (secondary N) is 1. The van der Waals surface area contributed by atoms with Gasteiger partial charge in [-0.1, -0.05) is 0 Å². The molecule has 0 saturated carbocycles. The summed E-state index contributed by atoms with van der Waals surface area (Å²) in [5, 5.41) is 3.54. The molecular weight excluding hydrogens is 222 g/mol. The highest BCUT2D eigenvalue weighted by Gasteiger charge is 2.47. The molecule has 2 aliphatic rings. The third-order valence-electron chi connectivity index (χ3n) is 5.00. The van der Waals surface area contributed by atoms with Crippen LogP contribution >= 0.6 is 0 Å². The van der Waals surface area contributed by atoms with Crippen LogP contribution < -0.4 is 15.5 Å². The van der Waals surface area contributed by atoms with Gasteiger partial charge in [0.05, 0.1) is 12.6 Å². The van der Waals surface area contributed by atoms with E-state index in [0.29, 0.717) is 0 Å². The zero-order valence-electron chi connectivity index (χ0n) is 11.2. The summed E-state index contributed by atoms with van der Waals surface area (Å²) in [5.74, 6) is 0. The largest absolute Gasteiger partial charge is 0.399 e. The van der Waals surface area contributed by atoms with Gasteiger partial charge < -0.3 is 11.1 Å². The number of likely N-dealkylation sites (tertiary alicyclic amines) is 1. The zero-order chi connectivity index (χ0) is 12.6. The van der Waals surface area contributed by atoms with E-state index in [1.807, 2.05) is 0 Å². The van der Waals surface area contributed by atoms with E-state index < -0.39 is 0 Å². The Balaban J connectivity index is 2.01. The number of quaternary nitrogens is 1. The maximum atomic E-state index is 5.84. The molecular formula is C15H24N3+. The minimum Gasteiger partial charge on any atom is -0.399 e. The molecule has 3 nitrogen and oxygen atoms in total. The topological polar surface area (TPSA) is 38.0 Å². The highest BCUT2D eigenvalue weighted by Crippen LogP contribution is 2.39. The van der Waals surface area contributed by atoms with E-state index in [9.17, 15) is 0 Å². The molecule has 18 heavy (non-hydrogen) atoms. The van der Waals surface area contributed by atoms with E-state index in [-0.39, 0.29) is 0 Å². The van der Waals surface area contributed by atoms with Gasteiger partial charge in [0.25, 0.3) is 0 Å². The average molecular weight is 246 g/mol. The quantitative estimate of drug-likeness (QED) is 0.619. The molecule has 2 aliphatic heterocycles. The van der Waals surface area contributed by atoms with Gasteiger partial charge in [-0.05, 0) is 19.1 Å². The molecule has 0 bridgehead atoms. The second kappa shape index (κ2) is 4.56. The van der Waals surface area contributed by atoms with E-state index in [1.54, 1.807) is 0 Å². The summed E-state index contributed by atoms with van der Waals surface area (Å²) >= 11 is 0. The molecule has 3 rings (SSSR count). The van der Waals surface area contributed by atoms with Crippen molar-refractivity contribution >= 4 is 11.4 Å². The number of nitrogens with zero attached hydrogens (tertiary/aromatic N) is 1. The molecule has 0 aliphatic carbocycles. The molecule has 1 aromatic carbocycles. The Morgan fingerprint density at radius 1 is 1.22 bits per heavy atom. The fourth-order valence-corrected chi connectivity index (χ4v) is 4.02. The Labute approximate surface area is 110 Å². The summed E-state index contributed by atoms with van der Waals surface area (Å²) in [6.07, 6.45) is 4.00. The first-order valence-corrected chi connectivity index (χ1v) is 7.18. The fraction of sp³-hybridized carbons (Fsp3) is 0.600. The molecule has 0 amide bonds. The summed E-state index contributed by atoms with van der Waals surface area (Å²) in [4.78, 5) is 0. The molecule has 0 radical (unpaired) electrons. The summed E-state index contributed by atoms with van der Waals surface area (Å²) in [6.45, 7) is 6.04. The molecule has 3 heteroatoms. The van der Waals surface area contributed by atoms with Gasteiger partial charge in [-0.2, -0.15) is 0 Å². The van der Waals surface area contributed by atoms with Crippen molar-refractivity contribution in [3.63, 3.8) is 0 Å².